The van der Waals surface area contributed by atoms with Crippen LogP contribution >= 0.6 is 0 Å². The highest BCUT2D eigenvalue weighted by atomic mass is 16.3. The Labute approximate surface area is 195 Å². The van der Waals surface area contributed by atoms with Crippen molar-refractivity contribution in [3.63, 3.8) is 0 Å². The number of aryl methyl sites for hydroxylation is 1. The number of nitrogens with one attached hydrogen (secondary N) is 3. The Balaban J connectivity index is 1.19. The second-order valence-electron chi connectivity index (χ2n) is 8.12. The molecule has 4 aromatic rings. The highest BCUT2D eigenvalue weighted by Crippen LogP contribution is 2.26. The number of fused-ring (bicyclic) bond motifs is 2. The molecule has 8 heteroatoms. The average molecular weight is 454 g/mol. The number of pyridine rings is 1. The smallest absolute Gasteiger partial charge is 0.270 e. The second-order valence-corrected chi connectivity index (χ2v) is 8.12. The lowest BCUT2D eigenvalue weighted by Crippen LogP contribution is -2.41. The largest absolute Gasteiger partial charge is 0.463 e. The summed E-state index contributed by atoms with van der Waals surface area (Å²) in [6.45, 7) is 0. The summed E-state index contributed by atoms with van der Waals surface area (Å²) in [4.78, 5) is 41.3. The van der Waals surface area contributed by atoms with E-state index in [0.29, 0.717) is 47.2 Å². The number of anilines is 1. The molecule has 0 aliphatic carbocycles. The Morgan fingerprint density at radius 1 is 1.03 bits per heavy atom. The van der Waals surface area contributed by atoms with Gasteiger partial charge in [-0.05, 0) is 54.3 Å². The summed E-state index contributed by atoms with van der Waals surface area (Å²) in [5.41, 5.74) is 9.49. The fraction of sp³-hybridized carbons (Fsp3) is 0.154. The molecule has 1 aliphatic rings. The number of para-hydroxylation sites is 1. The van der Waals surface area contributed by atoms with Gasteiger partial charge in [0.1, 0.15) is 5.69 Å². The Morgan fingerprint density at radius 3 is 2.76 bits per heavy atom. The molecule has 0 radical (unpaired) electrons. The van der Waals surface area contributed by atoms with Crippen LogP contribution in [0, 0.1) is 0 Å². The third kappa shape index (κ3) is 4.52. The van der Waals surface area contributed by atoms with Crippen LogP contribution in [0.1, 0.15) is 34.3 Å². The molecule has 8 nitrogen and oxygen atoms in total. The zero-order valence-electron chi connectivity index (χ0n) is 18.3. The molecule has 170 valence electrons. The summed E-state index contributed by atoms with van der Waals surface area (Å²) in [5.74, 6) is -0.164. The quantitative estimate of drug-likeness (QED) is 0.384. The van der Waals surface area contributed by atoms with Crippen molar-refractivity contribution in [2.24, 2.45) is 0 Å². The summed E-state index contributed by atoms with van der Waals surface area (Å²) in [5, 5.41) is 3.48. The van der Waals surface area contributed by atoms with Gasteiger partial charge in [-0.25, -0.2) is 4.98 Å². The monoisotopic (exact) mass is 454 g/mol. The van der Waals surface area contributed by atoms with E-state index >= 15 is 0 Å². The third-order valence-electron chi connectivity index (χ3n) is 5.71. The van der Waals surface area contributed by atoms with Crippen molar-refractivity contribution in [1.29, 1.82) is 0 Å². The van der Waals surface area contributed by atoms with E-state index in [-0.39, 0.29) is 18.2 Å². The van der Waals surface area contributed by atoms with Crippen molar-refractivity contribution >= 4 is 34.3 Å². The van der Waals surface area contributed by atoms with Gasteiger partial charge in [0.25, 0.3) is 5.91 Å². The number of hydrazine groups is 1. The molecule has 0 bridgehead atoms. The first-order chi connectivity index (χ1) is 16.6. The maximum absolute atomic E-state index is 12.9. The maximum Gasteiger partial charge on any atom is 0.270 e. The van der Waals surface area contributed by atoms with Crippen molar-refractivity contribution in [1.82, 2.24) is 15.8 Å². The molecule has 0 saturated heterocycles. The van der Waals surface area contributed by atoms with Crippen LogP contribution in [0.3, 0.4) is 0 Å². The molecule has 0 atom stereocenters. The molecule has 3 N–H and O–H groups in total. The van der Waals surface area contributed by atoms with Gasteiger partial charge in [0.05, 0.1) is 23.8 Å². The summed E-state index contributed by atoms with van der Waals surface area (Å²) in [6.07, 6.45) is 3.50. The standard InChI is InChI=1S/C26H22N4O4/c31-24(9-3-5-16-10-11-20-17(13-16)14-25(32)28-20)29-30-26(33)19-15-22(23-8-4-12-34-23)27-21-7-2-1-6-18(19)21/h1-2,4,6-8,10-13,15H,3,5,9,14H2,(H,28,32)(H,29,31)(H,30,33). The molecule has 0 unspecified atom stereocenters. The summed E-state index contributed by atoms with van der Waals surface area (Å²) in [7, 11) is 0. The van der Waals surface area contributed by atoms with Crippen LogP contribution in [-0.2, 0) is 22.4 Å². The van der Waals surface area contributed by atoms with Crippen molar-refractivity contribution < 1.29 is 18.8 Å². The Bertz CT molecular complexity index is 1400. The molecular formula is C26H22N4O4. The normalized spacial score (nSPS) is 12.3. The molecule has 5 rings (SSSR count). The highest BCUT2D eigenvalue weighted by molar-refractivity contribution is 6.07. The van der Waals surface area contributed by atoms with Gasteiger partial charge in [-0.3, -0.25) is 25.2 Å². The van der Waals surface area contributed by atoms with E-state index in [1.54, 1.807) is 24.5 Å². The number of benzene rings is 2. The van der Waals surface area contributed by atoms with Crippen LogP contribution in [-0.4, -0.2) is 22.7 Å². The first-order valence-corrected chi connectivity index (χ1v) is 11.0. The van der Waals surface area contributed by atoms with Gasteiger partial charge >= 0.3 is 0 Å². The van der Waals surface area contributed by atoms with Gasteiger partial charge in [0.15, 0.2) is 5.76 Å². The molecule has 2 aromatic heterocycles. The summed E-state index contributed by atoms with van der Waals surface area (Å²) >= 11 is 0. The number of hydrogen-bond donors (Lipinski definition) is 3. The van der Waals surface area contributed by atoms with Gasteiger partial charge < -0.3 is 9.73 Å². The van der Waals surface area contributed by atoms with E-state index in [4.69, 9.17) is 4.42 Å². The SMILES string of the molecule is O=C(CCCc1ccc2c(c1)CC(=O)N2)NNC(=O)c1cc(-c2ccco2)nc2ccccc12. The molecule has 2 aromatic carbocycles. The van der Waals surface area contributed by atoms with Crippen molar-refractivity contribution in [2.45, 2.75) is 25.7 Å². The van der Waals surface area contributed by atoms with Crippen LogP contribution in [0.2, 0.25) is 0 Å². The average Bonchev–Trinajstić information content (AvgIpc) is 3.51. The van der Waals surface area contributed by atoms with Crippen LogP contribution in [0.15, 0.2) is 71.3 Å². The maximum atomic E-state index is 12.9. The van der Waals surface area contributed by atoms with Gasteiger partial charge in [-0.1, -0.05) is 30.3 Å². The van der Waals surface area contributed by atoms with E-state index < -0.39 is 5.91 Å². The molecule has 34 heavy (non-hydrogen) atoms. The number of aromatic nitrogens is 1. The Morgan fingerprint density at radius 2 is 1.91 bits per heavy atom. The van der Waals surface area contributed by atoms with Crippen LogP contribution in [0.25, 0.3) is 22.4 Å². The molecule has 0 spiro atoms. The van der Waals surface area contributed by atoms with Gasteiger partial charge in [0.2, 0.25) is 11.8 Å². The lowest BCUT2D eigenvalue weighted by atomic mass is 10.0. The second kappa shape index (κ2) is 9.19. The summed E-state index contributed by atoms with van der Waals surface area (Å²) in [6, 6.07) is 18.3. The van der Waals surface area contributed by atoms with E-state index in [1.165, 1.54) is 0 Å². The van der Waals surface area contributed by atoms with E-state index in [1.807, 2.05) is 42.5 Å². The van der Waals surface area contributed by atoms with Crippen LogP contribution in [0.5, 0.6) is 0 Å². The molecule has 3 amide bonds. The first kappa shape index (κ1) is 21.4. The minimum absolute atomic E-state index is 0.000487. The van der Waals surface area contributed by atoms with Gasteiger partial charge in [-0.15, -0.1) is 0 Å². The minimum atomic E-state index is -0.435. The number of hydrogen-bond acceptors (Lipinski definition) is 5. The van der Waals surface area contributed by atoms with Crippen molar-refractivity contribution in [3.8, 4) is 11.5 Å². The van der Waals surface area contributed by atoms with E-state index in [0.717, 1.165) is 16.8 Å². The van der Waals surface area contributed by atoms with Crippen LogP contribution < -0.4 is 16.2 Å². The number of furan rings is 1. The summed E-state index contributed by atoms with van der Waals surface area (Å²) < 4.78 is 5.43. The number of carbonyl (C=O) groups excluding carboxylic acids is 3. The van der Waals surface area contributed by atoms with Crippen LogP contribution in [0.4, 0.5) is 5.69 Å². The lowest BCUT2D eigenvalue weighted by Gasteiger charge is -2.11. The predicted octanol–water partition coefficient (Wildman–Crippen LogP) is 3.77. The van der Waals surface area contributed by atoms with E-state index in [2.05, 4.69) is 21.2 Å². The number of amides is 3. The molecule has 3 heterocycles. The number of nitrogens with zero attached hydrogens (tertiary/aromatic N) is 1. The zero-order valence-corrected chi connectivity index (χ0v) is 18.3. The molecule has 0 saturated carbocycles. The third-order valence-corrected chi connectivity index (χ3v) is 5.71. The van der Waals surface area contributed by atoms with Gasteiger partial charge in [0, 0.05) is 17.5 Å². The first-order valence-electron chi connectivity index (χ1n) is 11.0. The molecule has 1 aliphatic heterocycles. The van der Waals surface area contributed by atoms with Crippen molar-refractivity contribution in [3.05, 3.63) is 83.6 Å². The van der Waals surface area contributed by atoms with Gasteiger partial charge in [-0.2, -0.15) is 0 Å². The predicted molar refractivity (Wildman–Crippen MR) is 127 cm³/mol. The Hall–Kier alpha value is -4.46. The number of rotatable bonds is 6. The fourth-order valence-corrected chi connectivity index (χ4v) is 4.06. The molecule has 0 fully saturated rings. The number of carbonyl (C=O) groups is 3. The lowest BCUT2D eigenvalue weighted by molar-refractivity contribution is -0.122. The highest BCUT2D eigenvalue weighted by Gasteiger charge is 2.18. The topological polar surface area (TPSA) is 113 Å². The van der Waals surface area contributed by atoms with E-state index in [9.17, 15) is 14.4 Å². The Kier molecular flexibility index (Phi) is 5.78. The van der Waals surface area contributed by atoms with Crippen molar-refractivity contribution in [2.75, 3.05) is 5.32 Å². The zero-order chi connectivity index (χ0) is 23.5. The fourth-order valence-electron chi connectivity index (χ4n) is 4.06. The minimum Gasteiger partial charge on any atom is -0.463 e. The molecular weight excluding hydrogens is 432 g/mol.